The highest BCUT2D eigenvalue weighted by Crippen LogP contribution is 2.22. The molecule has 0 fully saturated rings. The van der Waals surface area contributed by atoms with Crippen LogP contribution in [0, 0.1) is 0 Å². The second kappa shape index (κ2) is 5.93. The maximum Gasteiger partial charge on any atom is 0.181 e. The van der Waals surface area contributed by atoms with Crippen LogP contribution in [0.4, 0.5) is 0 Å². The molecule has 0 aliphatic carbocycles. The molecule has 0 unspecified atom stereocenters. The van der Waals surface area contributed by atoms with Crippen LogP contribution in [-0.2, 0) is 18.3 Å². The summed E-state index contributed by atoms with van der Waals surface area (Å²) >= 11 is 0. The van der Waals surface area contributed by atoms with E-state index in [4.69, 9.17) is 0 Å². The number of carbonyl (C=O) groups excluding carboxylic acids is 1. The summed E-state index contributed by atoms with van der Waals surface area (Å²) < 4.78 is 1.78. The zero-order valence-electron chi connectivity index (χ0n) is 12.7. The average molecular weight is 291 g/mol. The maximum atomic E-state index is 11.2. The van der Waals surface area contributed by atoms with Crippen LogP contribution in [0.5, 0.6) is 0 Å². The van der Waals surface area contributed by atoms with E-state index in [9.17, 15) is 4.79 Å². The first-order chi connectivity index (χ1) is 10.6. The Morgan fingerprint density at radius 3 is 2.32 bits per heavy atom. The summed E-state index contributed by atoms with van der Waals surface area (Å²) in [6.07, 6.45) is 0.467. The molecule has 22 heavy (non-hydrogen) atoms. The third-order valence-corrected chi connectivity index (χ3v) is 3.46. The number of aromatic nitrogens is 3. The summed E-state index contributed by atoms with van der Waals surface area (Å²) in [5, 5.41) is 4.48. The van der Waals surface area contributed by atoms with Crippen molar-refractivity contribution in [3.05, 3.63) is 60.2 Å². The predicted octanol–water partition coefficient (Wildman–Crippen LogP) is 3.28. The van der Waals surface area contributed by atoms with E-state index in [0.717, 1.165) is 22.5 Å². The van der Waals surface area contributed by atoms with Crippen LogP contribution in [0.2, 0.25) is 0 Å². The molecule has 110 valence electrons. The van der Waals surface area contributed by atoms with Crippen molar-refractivity contribution in [2.24, 2.45) is 7.05 Å². The molecule has 2 aromatic carbocycles. The molecule has 0 spiro atoms. The Kier molecular flexibility index (Phi) is 3.83. The Balaban J connectivity index is 1.92. The lowest BCUT2D eigenvalue weighted by atomic mass is 10.1. The van der Waals surface area contributed by atoms with Crippen LogP contribution in [0.15, 0.2) is 54.6 Å². The molecule has 3 aromatic rings. The maximum absolute atomic E-state index is 11.2. The lowest BCUT2D eigenvalue weighted by molar-refractivity contribution is -0.116. The second-order valence-corrected chi connectivity index (χ2v) is 5.32. The molecule has 1 heterocycles. The van der Waals surface area contributed by atoms with E-state index in [1.807, 2.05) is 61.6 Å². The first-order valence-electron chi connectivity index (χ1n) is 7.18. The van der Waals surface area contributed by atoms with Gasteiger partial charge in [-0.25, -0.2) is 9.67 Å². The molecular weight excluding hydrogens is 274 g/mol. The van der Waals surface area contributed by atoms with Gasteiger partial charge in [0.05, 0.1) is 0 Å². The van der Waals surface area contributed by atoms with Crippen molar-refractivity contribution in [2.75, 3.05) is 0 Å². The minimum Gasteiger partial charge on any atom is -0.300 e. The highest BCUT2D eigenvalue weighted by Gasteiger charge is 2.11. The Bertz CT molecular complexity index is 789. The van der Waals surface area contributed by atoms with Gasteiger partial charge in [0, 0.05) is 24.6 Å². The van der Waals surface area contributed by atoms with Crippen molar-refractivity contribution in [2.45, 2.75) is 13.3 Å². The van der Waals surface area contributed by atoms with Gasteiger partial charge < -0.3 is 0 Å². The van der Waals surface area contributed by atoms with Crippen molar-refractivity contribution in [1.82, 2.24) is 14.8 Å². The fourth-order valence-electron chi connectivity index (χ4n) is 2.40. The fourth-order valence-corrected chi connectivity index (χ4v) is 2.40. The SMILES string of the molecule is CC(=O)Cc1ccc(-c2nc(-c3ccccc3)nn2C)cc1. The van der Waals surface area contributed by atoms with E-state index in [-0.39, 0.29) is 5.78 Å². The minimum atomic E-state index is 0.165. The zero-order chi connectivity index (χ0) is 15.5. The molecule has 0 saturated heterocycles. The van der Waals surface area contributed by atoms with Gasteiger partial charge in [0.15, 0.2) is 11.6 Å². The molecule has 0 saturated carbocycles. The highest BCUT2D eigenvalue weighted by atomic mass is 16.1. The monoisotopic (exact) mass is 291 g/mol. The third kappa shape index (κ3) is 2.96. The quantitative estimate of drug-likeness (QED) is 0.741. The number of carbonyl (C=O) groups is 1. The topological polar surface area (TPSA) is 47.8 Å². The lowest BCUT2D eigenvalue weighted by Crippen LogP contribution is -1.97. The molecule has 0 aliphatic rings. The van der Waals surface area contributed by atoms with Gasteiger partial charge in [-0.2, -0.15) is 5.10 Å². The van der Waals surface area contributed by atoms with Crippen molar-refractivity contribution in [3.8, 4) is 22.8 Å². The zero-order valence-corrected chi connectivity index (χ0v) is 12.7. The molecule has 0 aliphatic heterocycles. The van der Waals surface area contributed by atoms with Gasteiger partial charge in [-0.3, -0.25) is 4.79 Å². The van der Waals surface area contributed by atoms with Crippen LogP contribution in [-0.4, -0.2) is 20.5 Å². The number of benzene rings is 2. The summed E-state index contributed by atoms with van der Waals surface area (Å²) in [6, 6.07) is 17.8. The standard InChI is InChI=1S/C18H17N3O/c1-13(22)12-14-8-10-16(11-9-14)18-19-17(20-21(18)2)15-6-4-3-5-7-15/h3-11H,12H2,1-2H3. The van der Waals surface area contributed by atoms with Crippen molar-refractivity contribution < 1.29 is 4.79 Å². The third-order valence-electron chi connectivity index (χ3n) is 3.46. The molecular formula is C18H17N3O. The van der Waals surface area contributed by atoms with Crippen molar-refractivity contribution >= 4 is 5.78 Å². The normalized spacial score (nSPS) is 10.6. The number of ketones is 1. The molecule has 0 bridgehead atoms. The van der Waals surface area contributed by atoms with Gasteiger partial charge in [-0.15, -0.1) is 0 Å². The number of nitrogens with zero attached hydrogens (tertiary/aromatic N) is 3. The molecule has 4 nitrogen and oxygen atoms in total. The lowest BCUT2D eigenvalue weighted by Gasteiger charge is -2.02. The van der Waals surface area contributed by atoms with E-state index >= 15 is 0 Å². The molecule has 4 heteroatoms. The van der Waals surface area contributed by atoms with E-state index in [1.54, 1.807) is 11.6 Å². The molecule has 0 radical (unpaired) electrons. The van der Waals surface area contributed by atoms with Gasteiger partial charge in [0.2, 0.25) is 0 Å². The molecule has 3 rings (SSSR count). The number of Topliss-reactive ketones (excluding diaryl/α,β-unsaturated/α-hetero) is 1. The fraction of sp³-hybridized carbons (Fsp3) is 0.167. The van der Waals surface area contributed by atoms with Crippen LogP contribution in [0.3, 0.4) is 0 Å². The predicted molar refractivity (Wildman–Crippen MR) is 86.3 cm³/mol. The van der Waals surface area contributed by atoms with Crippen LogP contribution in [0.1, 0.15) is 12.5 Å². The first-order valence-corrected chi connectivity index (χ1v) is 7.18. The Hall–Kier alpha value is -2.75. The van der Waals surface area contributed by atoms with E-state index < -0.39 is 0 Å². The molecule has 0 N–H and O–H groups in total. The second-order valence-electron chi connectivity index (χ2n) is 5.32. The van der Waals surface area contributed by atoms with Crippen LogP contribution >= 0.6 is 0 Å². The summed E-state index contributed by atoms with van der Waals surface area (Å²) in [5.41, 5.74) is 3.00. The summed E-state index contributed by atoms with van der Waals surface area (Å²) in [6.45, 7) is 1.60. The summed E-state index contributed by atoms with van der Waals surface area (Å²) in [4.78, 5) is 15.8. The van der Waals surface area contributed by atoms with E-state index in [2.05, 4.69) is 10.1 Å². The van der Waals surface area contributed by atoms with E-state index in [0.29, 0.717) is 12.2 Å². The Labute approximate surface area is 129 Å². The number of rotatable bonds is 4. The average Bonchev–Trinajstić information content (AvgIpc) is 2.90. The van der Waals surface area contributed by atoms with Gasteiger partial charge in [0.25, 0.3) is 0 Å². The number of hydrogen-bond donors (Lipinski definition) is 0. The number of hydrogen-bond acceptors (Lipinski definition) is 3. The first kappa shape index (κ1) is 14.2. The summed E-state index contributed by atoms with van der Waals surface area (Å²) in [5.74, 6) is 1.69. The highest BCUT2D eigenvalue weighted by molar-refractivity contribution is 5.78. The minimum absolute atomic E-state index is 0.165. The Morgan fingerprint density at radius 2 is 1.68 bits per heavy atom. The van der Waals surface area contributed by atoms with Crippen LogP contribution < -0.4 is 0 Å². The summed E-state index contributed by atoms with van der Waals surface area (Å²) in [7, 11) is 1.89. The van der Waals surface area contributed by atoms with Gasteiger partial charge in [-0.1, -0.05) is 54.6 Å². The van der Waals surface area contributed by atoms with Crippen LogP contribution in [0.25, 0.3) is 22.8 Å². The number of aryl methyl sites for hydroxylation is 1. The van der Waals surface area contributed by atoms with Gasteiger partial charge in [0.1, 0.15) is 5.78 Å². The molecule has 1 aromatic heterocycles. The Morgan fingerprint density at radius 1 is 1.00 bits per heavy atom. The van der Waals surface area contributed by atoms with Gasteiger partial charge >= 0.3 is 0 Å². The molecule has 0 amide bonds. The van der Waals surface area contributed by atoms with E-state index in [1.165, 1.54) is 0 Å². The smallest absolute Gasteiger partial charge is 0.181 e. The van der Waals surface area contributed by atoms with Crippen molar-refractivity contribution in [1.29, 1.82) is 0 Å². The largest absolute Gasteiger partial charge is 0.300 e. The van der Waals surface area contributed by atoms with Crippen molar-refractivity contribution in [3.63, 3.8) is 0 Å². The molecule has 0 atom stereocenters. The van der Waals surface area contributed by atoms with Gasteiger partial charge in [-0.05, 0) is 12.5 Å².